The van der Waals surface area contributed by atoms with Crippen LogP contribution in [0.2, 0.25) is 0 Å². The predicted molar refractivity (Wildman–Crippen MR) is 61.4 cm³/mol. The molecular weight excluding hydrogens is 209 g/mol. The molecule has 2 rings (SSSR count). The maximum atomic E-state index is 12.9. The van der Waals surface area contributed by atoms with Crippen molar-refractivity contribution >= 4 is 11.3 Å². The van der Waals surface area contributed by atoms with Crippen molar-refractivity contribution in [3.8, 4) is 0 Å². The quantitative estimate of drug-likeness (QED) is 0.846. The molecule has 0 saturated carbocycles. The molecule has 1 atom stereocenters. The van der Waals surface area contributed by atoms with Crippen LogP contribution in [0.15, 0.2) is 41.8 Å². The summed E-state index contributed by atoms with van der Waals surface area (Å²) in [6.07, 6.45) is 0.679. The van der Waals surface area contributed by atoms with E-state index in [-0.39, 0.29) is 11.9 Å². The summed E-state index contributed by atoms with van der Waals surface area (Å²) in [4.78, 5) is 1.14. The molecule has 3 heteroatoms. The minimum Gasteiger partial charge on any atom is -0.323 e. The van der Waals surface area contributed by atoms with Crippen molar-refractivity contribution in [2.45, 2.75) is 12.5 Å². The zero-order valence-corrected chi connectivity index (χ0v) is 9.01. The molecule has 2 N–H and O–H groups in total. The molecule has 0 aliphatic carbocycles. The van der Waals surface area contributed by atoms with Gasteiger partial charge in [0.25, 0.3) is 0 Å². The number of hydrogen-bond acceptors (Lipinski definition) is 2. The molecule has 0 saturated heterocycles. The zero-order chi connectivity index (χ0) is 10.7. The molecular formula is C12H12FNS. The van der Waals surface area contributed by atoms with E-state index in [2.05, 4.69) is 0 Å². The fourth-order valence-corrected chi connectivity index (χ4v) is 2.25. The summed E-state index contributed by atoms with van der Waals surface area (Å²) in [5.41, 5.74) is 6.95. The Kier molecular flexibility index (Phi) is 3.14. The lowest BCUT2D eigenvalue weighted by Gasteiger charge is -2.09. The number of hydrogen-bond donors (Lipinski definition) is 1. The molecule has 1 nitrogen and oxygen atoms in total. The molecule has 1 aromatic heterocycles. The first-order valence-electron chi connectivity index (χ1n) is 4.79. The number of thiophene rings is 1. The van der Waals surface area contributed by atoms with E-state index in [0.717, 1.165) is 10.4 Å². The van der Waals surface area contributed by atoms with Gasteiger partial charge in [0, 0.05) is 10.9 Å². The topological polar surface area (TPSA) is 26.0 Å². The Bertz CT molecular complexity index is 425. The molecule has 0 aliphatic rings. The van der Waals surface area contributed by atoms with Gasteiger partial charge in [0.1, 0.15) is 5.82 Å². The first-order chi connectivity index (χ1) is 7.25. The molecule has 2 aromatic rings. The summed E-state index contributed by atoms with van der Waals surface area (Å²) in [5, 5.41) is 2.00. The Morgan fingerprint density at radius 2 is 2.13 bits per heavy atom. The van der Waals surface area contributed by atoms with E-state index in [1.54, 1.807) is 17.4 Å². The van der Waals surface area contributed by atoms with Crippen LogP contribution in [-0.2, 0) is 6.42 Å². The lowest BCUT2D eigenvalue weighted by molar-refractivity contribution is 0.622. The molecule has 0 bridgehead atoms. The van der Waals surface area contributed by atoms with Crippen molar-refractivity contribution in [2.75, 3.05) is 0 Å². The van der Waals surface area contributed by atoms with Gasteiger partial charge in [-0.1, -0.05) is 18.2 Å². The maximum absolute atomic E-state index is 12.9. The summed E-state index contributed by atoms with van der Waals surface area (Å²) in [7, 11) is 0. The maximum Gasteiger partial charge on any atom is 0.123 e. The van der Waals surface area contributed by atoms with Gasteiger partial charge in [-0.05, 0) is 35.6 Å². The predicted octanol–water partition coefficient (Wildman–Crippen LogP) is 3.13. The number of halogens is 1. The van der Waals surface area contributed by atoms with Crippen LogP contribution in [0.5, 0.6) is 0 Å². The molecule has 1 heterocycles. The van der Waals surface area contributed by atoms with Gasteiger partial charge in [0.2, 0.25) is 0 Å². The molecule has 15 heavy (non-hydrogen) atoms. The highest BCUT2D eigenvalue weighted by atomic mass is 32.1. The van der Waals surface area contributed by atoms with Gasteiger partial charge in [0.05, 0.1) is 0 Å². The Balaban J connectivity index is 2.09. The minimum absolute atomic E-state index is 0.0354. The summed E-state index contributed by atoms with van der Waals surface area (Å²) in [6.45, 7) is 0. The van der Waals surface area contributed by atoms with E-state index in [1.807, 2.05) is 23.6 Å². The third-order valence-corrected chi connectivity index (χ3v) is 3.26. The lowest BCUT2D eigenvalue weighted by Crippen LogP contribution is -2.11. The molecule has 0 amide bonds. The summed E-state index contributed by atoms with van der Waals surface area (Å²) in [6, 6.07) is 10.5. The van der Waals surface area contributed by atoms with E-state index in [1.165, 1.54) is 12.1 Å². The number of rotatable bonds is 3. The molecule has 1 aromatic carbocycles. The van der Waals surface area contributed by atoms with Crippen molar-refractivity contribution in [1.82, 2.24) is 0 Å². The normalized spacial score (nSPS) is 12.7. The largest absolute Gasteiger partial charge is 0.323 e. The van der Waals surface area contributed by atoms with Crippen LogP contribution >= 0.6 is 11.3 Å². The van der Waals surface area contributed by atoms with E-state index >= 15 is 0 Å². The van der Waals surface area contributed by atoms with Crippen LogP contribution in [0.4, 0.5) is 4.39 Å². The highest BCUT2D eigenvalue weighted by Crippen LogP contribution is 2.20. The van der Waals surface area contributed by atoms with E-state index in [4.69, 9.17) is 5.73 Å². The summed E-state index contributed by atoms with van der Waals surface area (Å²) in [5.74, 6) is -0.203. The van der Waals surface area contributed by atoms with Gasteiger partial charge >= 0.3 is 0 Å². The van der Waals surface area contributed by atoms with Crippen molar-refractivity contribution in [2.24, 2.45) is 5.73 Å². The van der Waals surface area contributed by atoms with Gasteiger partial charge in [0.15, 0.2) is 0 Å². The van der Waals surface area contributed by atoms with Gasteiger partial charge in [-0.3, -0.25) is 0 Å². The standard InChI is InChI=1S/C12H12FNS/c13-10-4-1-3-9(7-10)8-11(14)12-5-2-6-15-12/h1-7,11H,8,14H2. The SMILES string of the molecule is NC(Cc1cccc(F)c1)c1cccs1. The van der Waals surface area contributed by atoms with Gasteiger partial charge < -0.3 is 5.73 Å². The number of benzene rings is 1. The van der Waals surface area contributed by atoms with Gasteiger partial charge in [-0.15, -0.1) is 11.3 Å². The molecule has 0 radical (unpaired) electrons. The fraction of sp³-hybridized carbons (Fsp3) is 0.167. The molecule has 1 unspecified atom stereocenters. The minimum atomic E-state index is -0.203. The van der Waals surface area contributed by atoms with Crippen molar-refractivity contribution in [3.63, 3.8) is 0 Å². The van der Waals surface area contributed by atoms with Crippen LogP contribution in [-0.4, -0.2) is 0 Å². The lowest BCUT2D eigenvalue weighted by atomic mass is 10.1. The third-order valence-electron chi connectivity index (χ3n) is 2.25. The number of nitrogens with two attached hydrogens (primary N) is 1. The second-order valence-corrected chi connectivity index (χ2v) is 4.44. The Labute approximate surface area is 92.4 Å². The van der Waals surface area contributed by atoms with Crippen LogP contribution in [0.3, 0.4) is 0 Å². The van der Waals surface area contributed by atoms with Crippen molar-refractivity contribution in [3.05, 3.63) is 58.0 Å². The highest BCUT2D eigenvalue weighted by Gasteiger charge is 2.08. The second-order valence-electron chi connectivity index (χ2n) is 3.46. The van der Waals surface area contributed by atoms with E-state index < -0.39 is 0 Å². The molecule has 0 fully saturated rings. The fourth-order valence-electron chi connectivity index (χ4n) is 1.52. The Morgan fingerprint density at radius 3 is 2.80 bits per heavy atom. The summed E-state index contributed by atoms with van der Waals surface area (Å²) < 4.78 is 12.9. The monoisotopic (exact) mass is 221 g/mol. The average Bonchev–Trinajstić information content (AvgIpc) is 2.70. The van der Waals surface area contributed by atoms with Crippen molar-refractivity contribution < 1.29 is 4.39 Å². The Hall–Kier alpha value is -1.19. The van der Waals surface area contributed by atoms with E-state index in [9.17, 15) is 4.39 Å². The van der Waals surface area contributed by atoms with Crippen LogP contribution in [0.1, 0.15) is 16.5 Å². The first-order valence-corrected chi connectivity index (χ1v) is 5.67. The third kappa shape index (κ3) is 2.64. The highest BCUT2D eigenvalue weighted by molar-refractivity contribution is 7.10. The van der Waals surface area contributed by atoms with Crippen molar-refractivity contribution in [1.29, 1.82) is 0 Å². The second kappa shape index (κ2) is 4.55. The smallest absolute Gasteiger partial charge is 0.123 e. The first kappa shape index (κ1) is 10.3. The van der Waals surface area contributed by atoms with Crippen LogP contribution in [0.25, 0.3) is 0 Å². The Morgan fingerprint density at radius 1 is 1.27 bits per heavy atom. The van der Waals surface area contributed by atoms with Gasteiger partial charge in [-0.2, -0.15) is 0 Å². The zero-order valence-electron chi connectivity index (χ0n) is 8.19. The van der Waals surface area contributed by atoms with Gasteiger partial charge in [-0.25, -0.2) is 4.39 Å². The molecule has 0 aliphatic heterocycles. The average molecular weight is 221 g/mol. The molecule has 0 spiro atoms. The van der Waals surface area contributed by atoms with Crippen LogP contribution in [0, 0.1) is 5.82 Å². The molecule has 78 valence electrons. The summed E-state index contributed by atoms with van der Waals surface area (Å²) >= 11 is 1.64. The van der Waals surface area contributed by atoms with Crippen LogP contribution < -0.4 is 5.73 Å². The van der Waals surface area contributed by atoms with E-state index in [0.29, 0.717) is 6.42 Å².